The average Bonchev–Trinajstić information content (AvgIpc) is 2.81. The van der Waals surface area contributed by atoms with Gasteiger partial charge in [-0.3, -0.25) is 0 Å². The lowest BCUT2D eigenvalue weighted by Crippen LogP contribution is -2.16. The van der Waals surface area contributed by atoms with E-state index in [9.17, 15) is 0 Å². The van der Waals surface area contributed by atoms with Crippen LogP contribution in [-0.4, -0.2) is 25.7 Å². The average molecular weight is 329 g/mol. The van der Waals surface area contributed by atoms with Crippen molar-refractivity contribution in [3.05, 3.63) is 23.3 Å². The van der Waals surface area contributed by atoms with E-state index in [-0.39, 0.29) is 0 Å². The minimum atomic E-state index is -1.39. The number of rotatable bonds is 0. The molecule has 1 aromatic carbocycles. The Kier molecular flexibility index (Phi) is 4.39. The Morgan fingerprint density at radius 3 is 1.95 bits per heavy atom. The SMILES string of the molecule is C[Si](C)(C)C#Cc1ccc(C#C[Si](C)(C)C)c2snnc12. The fourth-order valence-corrected chi connectivity index (χ4v) is 3.25. The van der Waals surface area contributed by atoms with Crippen molar-refractivity contribution in [3.8, 4) is 22.9 Å². The summed E-state index contributed by atoms with van der Waals surface area (Å²) in [6.07, 6.45) is 0. The molecule has 0 radical (unpaired) electrons. The van der Waals surface area contributed by atoms with E-state index < -0.39 is 16.1 Å². The van der Waals surface area contributed by atoms with Crippen molar-refractivity contribution in [2.24, 2.45) is 0 Å². The number of hydrogen-bond acceptors (Lipinski definition) is 3. The highest BCUT2D eigenvalue weighted by Gasteiger charge is 2.12. The lowest BCUT2D eigenvalue weighted by Gasteiger charge is -2.04. The first-order chi connectivity index (χ1) is 9.66. The van der Waals surface area contributed by atoms with Gasteiger partial charge in [0.15, 0.2) is 0 Å². The Morgan fingerprint density at radius 2 is 1.38 bits per heavy atom. The van der Waals surface area contributed by atoms with E-state index in [4.69, 9.17) is 0 Å². The molecule has 0 N–H and O–H groups in total. The molecular weight excluding hydrogens is 308 g/mol. The van der Waals surface area contributed by atoms with E-state index in [0.717, 1.165) is 21.3 Å². The third-order valence-electron chi connectivity index (χ3n) is 2.55. The Labute approximate surface area is 133 Å². The van der Waals surface area contributed by atoms with Crippen molar-refractivity contribution in [2.45, 2.75) is 39.3 Å². The summed E-state index contributed by atoms with van der Waals surface area (Å²) in [6.45, 7) is 13.5. The van der Waals surface area contributed by atoms with E-state index >= 15 is 0 Å². The second-order valence-corrected chi connectivity index (χ2v) is 17.4. The first-order valence-corrected chi connectivity index (χ1v) is 14.7. The number of hydrogen-bond donors (Lipinski definition) is 0. The van der Waals surface area contributed by atoms with E-state index in [1.165, 1.54) is 11.5 Å². The Bertz CT molecular complexity index is 721. The summed E-state index contributed by atoms with van der Waals surface area (Å²) in [5, 5.41) is 4.25. The number of aromatic nitrogens is 2. The molecule has 2 rings (SSSR count). The van der Waals surface area contributed by atoms with E-state index in [1.807, 2.05) is 6.07 Å². The number of benzene rings is 1. The van der Waals surface area contributed by atoms with Crippen LogP contribution in [-0.2, 0) is 0 Å². The topological polar surface area (TPSA) is 25.8 Å². The Morgan fingerprint density at radius 1 is 0.857 bits per heavy atom. The maximum Gasteiger partial charge on any atom is 0.129 e. The van der Waals surface area contributed by atoms with Crippen LogP contribution in [0.25, 0.3) is 10.2 Å². The smallest absolute Gasteiger partial charge is 0.129 e. The molecule has 5 heteroatoms. The van der Waals surface area contributed by atoms with Gasteiger partial charge in [0.1, 0.15) is 21.7 Å². The number of nitrogens with zero attached hydrogens (tertiary/aromatic N) is 2. The van der Waals surface area contributed by atoms with Gasteiger partial charge in [-0.25, -0.2) is 0 Å². The highest BCUT2D eigenvalue weighted by molar-refractivity contribution is 7.13. The highest BCUT2D eigenvalue weighted by atomic mass is 32.1. The fourth-order valence-electron chi connectivity index (χ4n) is 1.57. The van der Waals surface area contributed by atoms with Gasteiger partial charge in [-0.2, -0.15) is 0 Å². The van der Waals surface area contributed by atoms with E-state index in [0.29, 0.717) is 0 Å². The van der Waals surface area contributed by atoms with Gasteiger partial charge in [-0.05, 0) is 23.7 Å². The number of fused-ring (bicyclic) bond motifs is 1. The predicted octanol–water partition coefficient (Wildman–Crippen LogP) is 4.15. The quantitative estimate of drug-likeness (QED) is 0.536. The standard InChI is InChI=1S/C16H20N2SSi2/c1-20(2,3)11-9-13-7-8-14(10-12-21(4,5)6)16-15(13)17-18-19-16/h7-8H,1-6H3. The van der Waals surface area contributed by atoms with Crippen molar-refractivity contribution in [3.63, 3.8) is 0 Å². The second kappa shape index (κ2) is 5.77. The summed E-state index contributed by atoms with van der Waals surface area (Å²) >= 11 is 1.41. The Balaban J connectivity index is 2.53. The molecule has 0 aliphatic rings. The van der Waals surface area contributed by atoms with Crippen molar-refractivity contribution in [1.82, 2.24) is 9.59 Å². The van der Waals surface area contributed by atoms with Crippen LogP contribution in [0.3, 0.4) is 0 Å². The molecular formula is C16H20N2SSi2. The van der Waals surface area contributed by atoms with Crippen LogP contribution in [0.2, 0.25) is 39.3 Å². The molecule has 2 nitrogen and oxygen atoms in total. The normalized spacial score (nSPS) is 11.5. The van der Waals surface area contributed by atoms with Gasteiger partial charge in [0.2, 0.25) is 0 Å². The van der Waals surface area contributed by atoms with Gasteiger partial charge >= 0.3 is 0 Å². The second-order valence-electron chi connectivity index (χ2n) is 7.11. The molecule has 0 saturated heterocycles. The van der Waals surface area contributed by atoms with Gasteiger partial charge in [0.05, 0.1) is 10.3 Å². The molecule has 0 aliphatic heterocycles. The van der Waals surface area contributed by atoms with Crippen LogP contribution < -0.4 is 0 Å². The summed E-state index contributed by atoms with van der Waals surface area (Å²) in [4.78, 5) is 0. The zero-order valence-corrected chi connectivity index (χ0v) is 16.3. The molecule has 0 saturated carbocycles. The molecule has 108 valence electrons. The zero-order valence-electron chi connectivity index (χ0n) is 13.5. The van der Waals surface area contributed by atoms with E-state index in [1.54, 1.807) is 0 Å². The summed E-state index contributed by atoms with van der Waals surface area (Å²) in [7, 11) is -2.77. The molecule has 0 unspecified atom stereocenters. The third-order valence-corrected chi connectivity index (χ3v) is 5.06. The Hall–Kier alpha value is -1.41. The molecule has 2 aromatic rings. The first kappa shape index (κ1) is 16.0. The molecule has 0 aliphatic carbocycles. The van der Waals surface area contributed by atoms with Crippen LogP contribution in [0.5, 0.6) is 0 Å². The minimum absolute atomic E-state index is 0.896. The highest BCUT2D eigenvalue weighted by Crippen LogP contribution is 2.23. The van der Waals surface area contributed by atoms with Crippen molar-refractivity contribution >= 4 is 37.9 Å². The van der Waals surface area contributed by atoms with Gasteiger partial charge < -0.3 is 0 Å². The predicted molar refractivity (Wildman–Crippen MR) is 97.9 cm³/mol. The van der Waals surface area contributed by atoms with Crippen molar-refractivity contribution < 1.29 is 0 Å². The summed E-state index contributed by atoms with van der Waals surface area (Å²) in [5.74, 6) is 6.61. The molecule has 1 aromatic heterocycles. The summed E-state index contributed by atoms with van der Waals surface area (Å²) in [6, 6.07) is 4.09. The minimum Gasteiger partial charge on any atom is -0.137 e. The van der Waals surface area contributed by atoms with Crippen LogP contribution in [0, 0.1) is 22.9 Å². The van der Waals surface area contributed by atoms with Crippen molar-refractivity contribution in [2.75, 3.05) is 0 Å². The van der Waals surface area contributed by atoms with Crippen LogP contribution in [0.4, 0.5) is 0 Å². The summed E-state index contributed by atoms with van der Waals surface area (Å²) in [5.41, 5.74) is 9.70. The van der Waals surface area contributed by atoms with Crippen molar-refractivity contribution in [1.29, 1.82) is 0 Å². The van der Waals surface area contributed by atoms with Crippen LogP contribution in [0.15, 0.2) is 12.1 Å². The summed E-state index contributed by atoms with van der Waals surface area (Å²) < 4.78 is 5.15. The fraction of sp³-hybridized carbons (Fsp3) is 0.375. The molecule has 0 fully saturated rings. The van der Waals surface area contributed by atoms with Gasteiger partial charge in [-0.15, -0.1) is 16.2 Å². The third kappa shape index (κ3) is 4.54. The molecule has 1 heterocycles. The van der Waals surface area contributed by atoms with E-state index in [2.05, 4.69) is 77.9 Å². The molecule has 0 bridgehead atoms. The molecule has 0 amide bonds. The van der Waals surface area contributed by atoms with Crippen LogP contribution in [0.1, 0.15) is 11.1 Å². The van der Waals surface area contributed by atoms with Gasteiger partial charge in [0.25, 0.3) is 0 Å². The lowest BCUT2D eigenvalue weighted by molar-refractivity contribution is 1.20. The zero-order chi connectivity index (χ0) is 15.7. The first-order valence-electron chi connectivity index (χ1n) is 6.97. The monoisotopic (exact) mass is 328 g/mol. The molecule has 21 heavy (non-hydrogen) atoms. The maximum absolute atomic E-state index is 4.25. The molecule has 0 spiro atoms. The van der Waals surface area contributed by atoms with Gasteiger partial charge in [0, 0.05) is 5.56 Å². The molecule has 0 atom stereocenters. The van der Waals surface area contributed by atoms with Gasteiger partial charge in [-0.1, -0.05) is 55.6 Å². The lowest BCUT2D eigenvalue weighted by atomic mass is 10.1. The largest absolute Gasteiger partial charge is 0.137 e. The maximum atomic E-state index is 4.25. The van der Waals surface area contributed by atoms with Crippen LogP contribution >= 0.6 is 11.5 Å².